The number of benzene rings is 1. The van der Waals surface area contributed by atoms with Crippen LogP contribution in [0.1, 0.15) is 11.1 Å². The molecule has 0 fully saturated rings. The molecule has 0 aliphatic carbocycles. The summed E-state index contributed by atoms with van der Waals surface area (Å²) in [7, 11) is -5.83. The molecule has 0 saturated heterocycles. The van der Waals surface area contributed by atoms with E-state index in [1.165, 1.54) is 18.2 Å². The van der Waals surface area contributed by atoms with Crippen molar-refractivity contribution in [2.24, 2.45) is 0 Å². The molecule has 0 bridgehead atoms. The third-order valence-corrected chi connectivity index (χ3v) is 2.74. The predicted octanol–water partition coefficient (Wildman–Crippen LogP) is 1.77. The molecule has 94 valence electrons. The van der Waals surface area contributed by atoms with Crippen molar-refractivity contribution < 1.29 is 25.8 Å². The molecule has 0 spiro atoms. The van der Waals surface area contributed by atoms with Crippen LogP contribution >= 0.6 is 0 Å². The van der Waals surface area contributed by atoms with Crippen molar-refractivity contribution in [3.05, 3.63) is 29.3 Å². The summed E-state index contributed by atoms with van der Waals surface area (Å²) in [4.78, 5) is 0. The summed E-state index contributed by atoms with van der Waals surface area (Å²) in [6.07, 6.45) is 5.02. The Morgan fingerprint density at radius 2 is 1.94 bits per heavy atom. The van der Waals surface area contributed by atoms with Gasteiger partial charge in [0.2, 0.25) is 0 Å². The number of alkyl halides is 3. The zero-order valence-electron chi connectivity index (χ0n) is 8.52. The largest absolute Gasteiger partial charge is 0.534 e. The van der Waals surface area contributed by atoms with Crippen LogP contribution in [0.2, 0.25) is 0 Å². The van der Waals surface area contributed by atoms with Crippen molar-refractivity contribution >= 4 is 10.1 Å². The Balaban J connectivity index is 3.32. The van der Waals surface area contributed by atoms with E-state index in [9.17, 15) is 21.6 Å². The third kappa shape index (κ3) is 2.55. The van der Waals surface area contributed by atoms with Gasteiger partial charge in [-0.25, -0.2) is 0 Å². The highest BCUT2D eigenvalue weighted by Gasteiger charge is 2.48. The second-order valence-corrected chi connectivity index (χ2v) is 4.46. The van der Waals surface area contributed by atoms with Crippen LogP contribution in [0, 0.1) is 23.7 Å². The SMILES string of the molecule is C#Cc1cccc(OS(=O)(=O)C(F)(F)F)c1C#N. The molecule has 0 saturated carbocycles. The molecule has 1 aromatic rings. The lowest BCUT2D eigenvalue weighted by molar-refractivity contribution is -0.0500. The molecule has 18 heavy (non-hydrogen) atoms. The minimum Gasteiger partial charge on any atom is -0.375 e. The van der Waals surface area contributed by atoms with Crippen LogP contribution in [0.5, 0.6) is 5.75 Å². The first-order valence-electron chi connectivity index (χ1n) is 4.23. The fourth-order valence-corrected chi connectivity index (χ4v) is 1.47. The number of hydrogen-bond donors (Lipinski definition) is 0. The quantitative estimate of drug-likeness (QED) is 0.468. The van der Waals surface area contributed by atoms with E-state index in [-0.39, 0.29) is 5.56 Å². The van der Waals surface area contributed by atoms with Crippen LogP contribution in [0.25, 0.3) is 0 Å². The molecule has 0 aliphatic heterocycles. The van der Waals surface area contributed by atoms with Crippen molar-refractivity contribution in [1.82, 2.24) is 0 Å². The Labute approximate surface area is 101 Å². The molecule has 0 aliphatic rings. The maximum Gasteiger partial charge on any atom is 0.534 e. The van der Waals surface area contributed by atoms with Gasteiger partial charge in [0.15, 0.2) is 5.75 Å². The number of terminal acetylenes is 1. The standard InChI is InChI=1S/C10H4F3NO3S/c1-2-7-4-3-5-9(8(7)6-14)17-18(15,16)10(11,12)13/h1,3-5H. The summed E-state index contributed by atoms with van der Waals surface area (Å²) in [6, 6.07) is 4.84. The zero-order valence-corrected chi connectivity index (χ0v) is 9.34. The third-order valence-electron chi connectivity index (χ3n) is 1.78. The van der Waals surface area contributed by atoms with Crippen molar-refractivity contribution in [1.29, 1.82) is 5.26 Å². The fourth-order valence-electron chi connectivity index (χ4n) is 1.00. The smallest absolute Gasteiger partial charge is 0.375 e. The first-order chi connectivity index (χ1) is 8.23. The van der Waals surface area contributed by atoms with Gasteiger partial charge in [-0.3, -0.25) is 0 Å². The minimum atomic E-state index is -5.83. The van der Waals surface area contributed by atoms with E-state index in [1.54, 1.807) is 0 Å². The number of hydrogen-bond acceptors (Lipinski definition) is 4. The van der Waals surface area contributed by atoms with E-state index < -0.39 is 26.9 Å². The molecule has 1 rings (SSSR count). The summed E-state index contributed by atoms with van der Waals surface area (Å²) in [5, 5.41) is 8.73. The van der Waals surface area contributed by atoms with E-state index in [4.69, 9.17) is 11.7 Å². The first-order valence-corrected chi connectivity index (χ1v) is 5.64. The average molecular weight is 275 g/mol. The van der Waals surface area contributed by atoms with E-state index in [0.29, 0.717) is 0 Å². The van der Waals surface area contributed by atoms with Gasteiger partial charge < -0.3 is 4.18 Å². The molecule has 0 heterocycles. The topological polar surface area (TPSA) is 67.2 Å². The van der Waals surface area contributed by atoms with Crippen molar-refractivity contribution in [2.75, 3.05) is 0 Å². The Kier molecular flexibility index (Phi) is 3.54. The number of nitriles is 1. The summed E-state index contributed by atoms with van der Waals surface area (Å²) in [5.41, 5.74) is -6.09. The summed E-state index contributed by atoms with van der Waals surface area (Å²) < 4.78 is 61.7. The lowest BCUT2D eigenvalue weighted by atomic mass is 10.1. The van der Waals surface area contributed by atoms with Crippen LogP contribution in [0.15, 0.2) is 18.2 Å². The fraction of sp³-hybridized carbons (Fsp3) is 0.100. The molecule has 0 atom stereocenters. The molecule has 0 radical (unpaired) electrons. The lowest BCUT2D eigenvalue weighted by Crippen LogP contribution is -2.28. The molecule has 0 amide bonds. The van der Waals surface area contributed by atoms with Crippen LogP contribution in [-0.2, 0) is 10.1 Å². The second-order valence-electron chi connectivity index (χ2n) is 2.92. The molecule has 0 aromatic heterocycles. The molecular weight excluding hydrogens is 271 g/mol. The second kappa shape index (κ2) is 4.59. The van der Waals surface area contributed by atoms with E-state index in [1.807, 2.05) is 5.92 Å². The maximum absolute atomic E-state index is 12.1. The molecule has 4 nitrogen and oxygen atoms in total. The van der Waals surface area contributed by atoms with Crippen LogP contribution in [0.4, 0.5) is 13.2 Å². The molecule has 8 heteroatoms. The van der Waals surface area contributed by atoms with Gasteiger partial charge in [-0.05, 0) is 12.1 Å². The molecule has 0 unspecified atom stereocenters. The highest BCUT2D eigenvalue weighted by atomic mass is 32.2. The van der Waals surface area contributed by atoms with Crippen LogP contribution < -0.4 is 4.18 Å². The maximum atomic E-state index is 12.1. The van der Waals surface area contributed by atoms with E-state index in [2.05, 4.69) is 4.18 Å². The molecule has 1 aromatic carbocycles. The summed E-state index contributed by atoms with van der Waals surface area (Å²) >= 11 is 0. The van der Waals surface area contributed by atoms with Crippen LogP contribution in [0.3, 0.4) is 0 Å². The monoisotopic (exact) mass is 275 g/mol. The van der Waals surface area contributed by atoms with Gasteiger partial charge in [0, 0.05) is 5.56 Å². The number of halogens is 3. The predicted molar refractivity (Wildman–Crippen MR) is 54.7 cm³/mol. The highest BCUT2D eigenvalue weighted by molar-refractivity contribution is 7.88. The normalized spacial score (nSPS) is 11.4. The molecule has 0 N–H and O–H groups in total. The van der Waals surface area contributed by atoms with Crippen molar-refractivity contribution in [3.8, 4) is 24.2 Å². The first kappa shape index (κ1) is 13.9. The van der Waals surface area contributed by atoms with Gasteiger partial charge in [-0.15, -0.1) is 6.42 Å². The molecular formula is C10H4F3NO3S. The van der Waals surface area contributed by atoms with Gasteiger partial charge in [-0.2, -0.15) is 26.9 Å². The van der Waals surface area contributed by atoms with Gasteiger partial charge in [0.25, 0.3) is 0 Å². The summed E-state index contributed by atoms with van der Waals surface area (Å²) in [6.45, 7) is 0. The zero-order chi connectivity index (χ0) is 14.0. The van der Waals surface area contributed by atoms with Crippen molar-refractivity contribution in [2.45, 2.75) is 5.51 Å². The van der Waals surface area contributed by atoms with Gasteiger partial charge in [0.05, 0.1) is 0 Å². The minimum absolute atomic E-state index is 0.0626. The Hall–Kier alpha value is -2.19. The highest BCUT2D eigenvalue weighted by Crippen LogP contribution is 2.29. The number of nitrogens with zero attached hydrogens (tertiary/aromatic N) is 1. The summed E-state index contributed by atoms with van der Waals surface area (Å²) in [5.74, 6) is 1.27. The van der Waals surface area contributed by atoms with Gasteiger partial charge in [0.1, 0.15) is 11.6 Å². The van der Waals surface area contributed by atoms with Gasteiger partial charge >= 0.3 is 15.6 Å². The van der Waals surface area contributed by atoms with E-state index in [0.717, 1.165) is 6.07 Å². The number of rotatable bonds is 2. The van der Waals surface area contributed by atoms with Crippen molar-refractivity contribution in [3.63, 3.8) is 0 Å². The van der Waals surface area contributed by atoms with Crippen LogP contribution in [-0.4, -0.2) is 13.9 Å². The average Bonchev–Trinajstić information content (AvgIpc) is 2.26. The van der Waals surface area contributed by atoms with E-state index >= 15 is 0 Å². The Bertz CT molecular complexity index is 650. The Morgan fingerprint density at radius 1 is 1.33 bits per heavy atom. The lowest BCUT2D eigenvalue weighted by Gasteiger charge is -2.10. The Morgan fingerprint density at radius 3 is 2.39 bits per heavy atom. The van der Waals surface area contributed by atoms with Gasteiger partial charge in [-0.1, -0.05) is 12.0 Å².